The van der Waals surface area contributed by atoms with E-state index in [4.69, 9.17) is 0 Å². The molecule has 0 saturated heterocycles. The van der Waals surface area contributed by atoms with Crippen LogP contribution in [-0.4, -0.2) is 17.9 Å². The number of carbonyl (C=O) groups excluding carboxylic acids is 1. The first-order valence-electron chi connectivity index (χ1n) is 4.64. The number of aromatic nitrogens is 1. The molecule has 0 spiro atoms. The van der Waals surface area contributed by atoms with E-state index in [0.717, 1.165) is 6.42 Å². The molecule has 1 aliphatic carbocycles. The van der Waals surface area contributed by atoms with Gasteiger partial charge < -0.3 is 5.32 Å². The van der Waals surface area contributed by atoms with Crippen LogP contribution in [-0.2, 0) is 5.67 Å². The highest BCUT2D eigenvalue weighted by atomic mass is 79.9. The Morgan fingerprint density at radius 1 is 1.67 bits per heavy atom. The van der Waals surface area contributed by atoms with Crippen molar-refractivity contribution in [3.63, 3.8) is 0 Å². The van der Waals surface area contributed by atoms with Crippen LogP contribution in [0.3, 0.4) is 0 Å². The van der Waals surface area contributed by atoms with E-state index in [-0.39, 0.29) is 11.6 Å². The molecule has 0 bridgehead atoms. The predicted octanol–water partition coefficient (Wildman–Crippen LogP) is 2.61. The van der Waals surface area contributed by atoms with E-state index < -0.39 is 5.67 Å². The molecule has 1 N–H and O–H groups in total. The highest BCUT2D eigenvalue weighted by Gasteiger charge is 2.42. The monoisotopic (exact) mass is 292 g/mol. The lowest BCUT2D eigenvalue weighted by Crippen LogP contribution is -2.29. The van der Waals surface area contributed by atoms with Crippen LogP contribution in [0.15, 0.2) is 3.79 Å². The molecule has 1 heterocycles. The van der Waals surface area contributed by atoms with Crippen molar-refractivity contribution in [1.82, 2.24) is 10.3 Å². The Hall–Kier alpha value is -0.490. The zero-order valence-corrected chi connectivity index (χ0v) is 10.5. The standard InChI is InChI=1S/C9H10BrFN2OS/c1-12-7(14)5-6(10)15-8(13-5)9(11)3-2-4-9/h2-4H2,1H3,(H,12,14). The molecule has 3 nitrogen and oxygen atoms in total. The van der Waals surface area contributed by atoms with Gasteiger partial charge in [0.05, 0.1) is 0 Å². The molecule has 1 aromatic heterocycles. The average Bonchev–Trinajstić information content (AvgIpc) is 2.56. The minimum atomic E-state index is -1.29. The Morgan fingerprint density at radius 3 is 2.80 bits per heavy atom. The number of hydrogen-bond donors (Lipinski definition) is 1. The van der Waals surface area contributed by atoms with E-state index in [1.807, 2.05) is 0 Å². The average molecular weight is 293 g/mol. The zero-order valence-electron chi connectivity index (χ0n) is 8.14. The molecule has 0 aromatic carbocycles. The number of carbonyl (C=O) groups is 1. The van der Waals surface area contributed by atoms with Crippen LogP contribution in [0.25, 0.3) is 0 Å². The van der Waals surface area contributed by atoms with Crippen molar-refractivity contribution in [2.75, 3.05) is 7.05 Å². The molecule has 0 radical (unpaired) electrons. The van der Waals surface area contributed by atoms with Crippen molar-refractivity contribution in [3.8, 4) is 0 Å². The SMILES string of the molecule is CNC(=O)c1nc(C2(F)CCC2)sc1Br. The molecule has 1 saturated carbocycles. The van der Waals surface area contributed by atoms with E-state index >= 15 is 0 Å². The topological polar surface area (TPSA) is 42.0 Å². The van der Waals surface area contributed by atoms with Gasteiger partial charge in [0.15, 0.2) is 11.4 Å². The summed E-state index contributed by atoms with van der Waals surface area (Å²) >= 11 is 4.44. The molecule has 1 aromatic rings. The summed E-state index contributed by atoms with van der Waals surface area (Å²) in [4.78, 5) is 15.4. The Labute approximate surface area is 99.2 Å². The minimum absolute atomic E-state index is 0.279. The van der Waals surface area contributed by atoms with Gasteiger partial charge in [0.25, 0.3) is 5.91 Å². The molecule has 2 rings (SSSR count). The molecule has 6 heteroatoms. The highest BCUT2D eigenvalue weighted by Crippen LogP contribution is 2.47. The lowest BCUT2D eigenvalue weighted by Gasteiger charge is -2.31. The maximum absolute atomic E-state index is 14.0. The van der Waals surface area contributed by atoms with Gasteiger partial charge in [-0.25, -0.2) is 9.37 Å². The van der Waals surface area contributed by atoms with Crippen molar-refractivity contribution in [2.24, 2.45) is 0 Å². The summed E-state index contributed by atoms with van der Waals surface area (Å²) in [6, 6.07) is 0. The summed E-state index contributed by atoms with van der Waals surface area (Å²) in [6.45, 7) is 0. The molecular formula is C9H10BrFN2OS. The second-order valence-corrected chi connectivity index (χ2v) is 5.86. The van der Waals surface area contributed by atoms with Crippen molar-refractivity contribution < 1.29 is 9.18 Å². The van der Waals surface area contributed by atoms with Gasteiger partial charge in [-0.2, -0.15) is 0 Å². The number of halogens is 2. The molecule has 1 fully saturated rings. The number of amides is 1. The molecule has 0 atom stereocenters. The molecule has 0 aliphatic heterocycles. The molecule has 1 amide bonds. The van der Waals surface area contributed by atoms with Gasteiger partial charge in [0.2, 0.25) is 0 Å². The zero-order chi connectivity index (χ0) is 11.1. The van der Waals surface area contributed by atoms with Crippen LogP contribution in [0.5, 0.6) is 0 Å². The predicted molar refractivity (Wildman–Crippen MR) is 59.8 cm³/mol. The van der Waals surface area contributed by atoms with Gasteiger partial charge in [0.1, 0.15) is 8.79 Å². The Bertz CT molecular complexity index is 403. The van der Waals surface area contributed by atoms with Crippen molar-refractivity contribution in [3.05, 3.63) is 14.5 Å². The third kappa shape index (κ3) is 1.80. The fraction of sp³-hybridized carbons (Fsp3) is 0.556. The Balaban J connectivity index is 2.32. The third-order valence-corrected chi connectivity index (χ3v) is 4.44. The number of nitrogens with zero attached hydrogens (tertiary/aromatic N) is 1. The van der Waals surface area contributed by atoms with Crippen LogP contribution in [0.2, 0.25) is 0 Å². The summed E-state index contributed by atoms with van der Waals surface area (Å²) in [5.74, 6) is -0.285. The van der Waals surface area contributed by atoms with Crippen LogP contribution in [0, 0.1) is 0 Å². The maximum atomic E-state index is 14.0. The largest absolute Gasteiger partial charge is 0.354 e. The number of hydrogen-bond acceptors (Lipinski definition) is 3. The molecule has 15 heavy (non-hydrogen) atoms. The van der Waals surface area contributed by atoms with E-state index in [1.165, 1.54) is 18.4 Å². The fourth-order valence-corrected chi connectivity index (χ4v) is 3.11. The Morgan fingerprint density at radius 2 is 2.33 bits per heavy atom. The van der Waals surface area contributed by atoms with Gasteiger partial charge >= 0.3 is 0 Å². The number of nitrogens with one attached hydrogen (secondary N) is 1. The van der Waals surface area contributed by atoms with Crippen molar-refractivity contribution >= 4 is 33.2 Å². The van der Waals surface area contributed by atoms with Gasteiger partial charge in [-0.3, -0.25) is 4.79 Å². The van der Waals surface area contributed by atoms with Crippen LogP contribution >= 0.6 is 27.3 Å². The fourth-order valence-electron chi connectivity index (χ4n) is 1.45. The van der Waals surface area contributed by atoms with Gasteiger partial charge in [-0.1, -0.05) is 0 Å². The summed E-state index contributed by atoms with van der Waals surface area (Å²) in [6.07, 6.45) is 1.92. The second-order valence-electron chi connectivity index (χ2n) is 3.54. The molecule has 0 unspecified atom stereocenters. The summed E-state index contributed by atoms with van der Waals surface area (Å²) < 4.78 is 14.6. The second kappa shape index (κ2) is 3.83. The Kier molecular flexibility index (Phi) is 2.81. The lowest BCUT2D eigenvalue weighted by atomic mass is 9.83. The smallest absolute Gasteiger partial charge is 0.271 e. The van der Waals surface area contributed by atoms with E-state index in [0.29, 0.717) is 21.6 Å². The van der Waals surface area contributed by atoms with E-state index in [2.05, 4.69) is 26.2 Å². The minimum Gasteiger partial charge on any atom is -0.354 e. The van der Waals surface area contributed by atoms with Crippen LogP contribution < -0.4 is 5.32 Å². The molecular weight excluding hydrogens is 283 g/mol. The normalized spacial score (nSPS) is 18.3. The quantitative estimate of drug-likeness (QED) is 0.910. The summed E-state index contributed by atoms with van der Waals surface area (Å²) in [7, 11) is 1.53. The maximum Gasteiger partial charge on any atom is 0.271 e. The van der Waals surface area contributed by atoms with Crippen molar-refractivity contribution in [1.29, 1.82) is 0 Å². The third-order valence-electron chi connectivity index (χ3n) is 2.56. The van der Waals surface area contributed by atoms with Crippen LogP contribution in [0.4, 0.5) is 4.39 Å². The van der Waals surface area contributed by atoms with Gasteiger partial charge in [0, 0.05) is 7.05 Å². The molecule has 1 aliphatic rings. The highest BCUT2D eigenvalue weighted by molar-refractivity contribution is 9.11. The van der Waals surface area contributed by atoms with Gasteiger partial charge in [-0.05, 0) is 35.2 Å². The first kappa shape index (κ1) is 11.0. The van der Waals surface area contributed by atoms with Crippen molar-refractivity contribution in [2.45, 2.75) is 24.9 Å². The first-order valence-corrected chi connectivity index (χ1v) is 6.25. The van der Waals surface area contributed by atoms with E-state index in [1.54, 1.807) is 0 Å². The number of rotatable bonds is 2. The summed E-state index contributed by atoms with van der Waals surface area (Å²) in [5.41, 5.74) is -1.01. The molecule has 82 valence electrons. The first-order chi connectivity index (χ1) is 7.07. The van der Waals surface area contributed by atoms with E-state index in [9.17, 15) is 9.18 Å². The number of thiazole rings is 1. The summed E-state index contributed by atoms with van der Waals surface area (Å²) in [5, 5.41) is 2.89. The van der Waals surface area contributed by atoms with Crippen LogP contribution in [0.1, 0.15) is 34.8 Å². The van der Waals surface area contributed by atoms with Gasteiger partial charge in [-0.15, -0.1) is 11.3 Å². The number of alkyl halides is 1. The lowest BCUT2D eigenvalue weighted by molar-refractivity contribution is 0.0604.